The Balaban J connectivity index is 1.38. The van der Waals surface area contributed by atoms with Crippen molar-refractivity contribution in [2.24, 2.45) is 20.5 Å². The summed E-state index contributed by atoms with van der Waals surface area (Å²) in [5.41, 5.74) is 0.381. The second-order valence-corrected chi connectivity index (χ2v) is 12.9. The fourth-order valence-corrected chi connectivity index (χ4v) is 6.09. The molecule has 6 aromatic carbocycles. The number of hydrogen-bond acceptors (Lipinski definition) is 11. The molecule has 0 heterocycles. The van der Waals surface area contributed by atoms with Crippen molar-refractivity contribution < 1.29 is 36.2 Å². The van der Waals surface area contributed by atoms with Gasteiger partial charge in [-0.3, -0.25) is 9.11 Å². The van der Waals surface area contributed by atoms with E-state index >= 15 is 0 Å². The summed E-state index contributed by atoms with van der Waals surface area (Å²) in [5.74, 6) is -1.54. The van der Waals surface area contributed by atoms with E-state index in [1.54, 1.807) is 60.7 Å². The van der Waals surface area contributed by atoms with Gasteiger partial charge in [-0.2, -0.15) is 27.1 Å². The topological polar surface area (TPSA) is 216 Å². The Morgan fingerprint density at radius 3 is 1.26 bits per heavy atom. The third kappa shape index (κ3) is 6.63. The summed E-state index contributed by atoms with van der Waals surface area (Å²) in [6, 6.07) is 27.7. The van der Waals surface area contributed by atoms with Gasteiger partial charge in [0, 0.05) is 11.4 Å². The van der Waals surface area contributed by atoms with Crippen LogP contribution in [-0.2, 0) is 20.2 Å². The van der Waals surface area contributed by atoms with Gasteiger partial charge in [0.25, 0.3) is 20.2 Å². The van der Waals surface area contributed by atoms with Gasteiger partial charge in [0.1, 0.15) is 9.79 Å². The first-order valence-corrected chi connectivity index (χ1v) is 16.5. The second-order valence-electron chi connectivity index (χ2n) is 10.1. The van der Waals surface area contributed by atoms with Gasteiger partial charge < -0.3 is 15.5 Å². The zero-order valence-electron chi connectivity index (χ0n) is 23.8. The Morgan fingerprint density at radius 1 is 0.511 bits per heavy atom. The molecular formula is C32H21N5O8S2-2. The van der Waals surface area contributed by atoms with Crippen molar-refractivity contribution in [2.75, 3.05) is 5.32 Å². The summed E-state index contributed by atoms with van der Waals surface area (Å²) in [6.07, 6.45) is 0. The fraction of sp³-hybridized carbons (Fsp3) is 0. The highest BCUT2D eigenvalue weighted by atomic mass is 32.2. The van der Waals surface area contributed by atoms with Gasteiger partial charge in [-0.15, -0.1) is 10.2 Å². The average molecular weight is 668 g/mol. The first kappa shape index (κ1) is 31.3. The number of nitrogens with zero attached hydrogens (tertiary/aromatic N) is 4. The molecule has 0 aromatic heterocycles. The van der Waals surface area contributed by atoms with Crippen LogP contribution < -0.4 is 15.5 Å². The quantitative estimate of drug-likeness (QED) is 0.110. The van der Waals surface area contributed by atoms with Crippen molar-refractivity contribution in [3.05, 3.63) is 109 Å². The molecule has 0 amide bonds. The average Bonchev–Trinajstić information content (AvgIpc) is 3.03. The minimum Gasteiger partial charge on any atom is -0.871 e. The van der Waals surface area contributed by atoms with Crippen molar-refractivity contribution >= 4 is 75.9 Å². The van der Waals surface area contributed by atoms with Crippen molar-refractivity contribution in [1.82, 2.24) is 0 Å². The molecule has 236 valence electrons. The molecule has 0 aliphatic carbocycles. The molecule has 0 radical (unpaired) electrons. The highest BCUT2D eigenvalue weighted by molar-refractivity contribution is 7.86. The van der Waals surface area contributed by atoms with Crippen LogP contribution in [0.2, 0.25) is 0 Å². The van der Waals surface area contributed by atoms with Crippen LogP contribution in [0, 0.1) is 0 Å². The summed E-state index contributed by atoms with van der Waals surface area (Å²) in [7, 11) is -9.76. The molecule has 3 N–H and O–H groups in total. The van der Waals surface area contributed by atoms with Crippen LogP contribution >= 0.6 is 0 Å². The Bertz CT molecular complexity index is 2280. The molecule has 13 nitrogen and oxygen atoms in total. The van der Waals surface area contributed by atoms with Crippen molar-refractivity contribution in [3.63, 3.8) is 0 Å². The summed E-state index contributed by atoms with van der Waals surface area (Å²) < 4.78 is 68.7. The number of hydrogen-bond donors (Lipinski definition) is 3. The Morgan fingerprint density at radius 2 is 0.894 bits per heavy atom. The van der Waals surface area contributed by atoms with Crippen LogP contribution in [0.3, 0.4) is 0 Å². The summed E-state index contributed by atoms with van der Waals surface area (Å²) in [6.45, 7) is 0. The summed E-state index contributed by atoms with van der Waals surface area (Å²) in [4.78, 5) is -1.45. The molecule has 6 aromatic rings. The van der Waals surface area contributed by atoms with Crippen LogP contribution in [0.5, 0.6) is 11.5 Å². The van der Waals surface area contributed by atoms with Gasteiger partial charge in [0.2, 0.25) is 0 Å². The molecule has 0 aliphatic heterocycles. The van der Waals surface area contributed by atoms with Crippen LogP contribution in [0.15, 0.2) is 139 Å². The number of benzene rings is 6. The molecule has 15 heteroatoms. The van der Waals surface area contributed by atoms with E-state index in [2.05, 4.69) is 25.8 Å². The monoisotopic (exact) mass is 667 g/mol. The minimum absolute atomic E-state index is 0.106. The number of anilines is 2. The van der Waals surface area contributed by atoms with Gasteiger partial charge in [0.15, 0.2) is 0 Å². The van der Waals surface area contributed by atoms with Gasteiger partial charge in [0.05, 0.1) is 22.7 Å². The predicted octanol–water partition coefficient (Wildman–Crippen LogP) is 7.21. The number of nitrogens with one attached hydrogen (secondary N) is 1. The van der Waals surface area contributed by atoms with E-state index in [9.17, 15) is 36.2 Å². The zero-order chi connectivity index (χ0) is 33.3. The lowest BCUT2D eigenvalue weighted by Crippen LogP contribution is -2.03. The molecule has 0 saturated heterocycles. The molecule has 47 heavy (non-hydrogen) atoms. The Hall–Kier alpha value is -5.74. The number of rotatable bonds is 8. The molecule has 0 aliphatic rings. The van der Waals surface area contributed by atoms with Crippen LogP contribution in [0.25, 0.3) is 21.5 Å². The largest absolute Gasteiger partial charge is 0.871 e. The standard InChI is InChI=1S/C32H23N5O8S2/c38-31-25-13-11-23(15-19(25)17-27(46(40,41)42)29(31)36-34-21-7-3-1-4-8-21)33-24-12-14-26-20(16-24)18-28(47(43,44)45)30(32(26)39)37-35-22-9-5-2-6-10-22/h1-18,33,38-39H,(H,40,41,42)(H,43,44,45)/p-2. The smallest absolute Gasteiger partial charge is 0.296 e. The Labute approximate surface area is 267 Å². The highest BCUT2D eigenvalue weighted by Crippen LogP contribution is 2.42. The third-order valence-electron chi connectivity index (χ3n) is 6.95. The molecule has 0 fully saturated rings. The number of azo groups is 2. The van der Waals surface area contributed by atoms with Gasteiger partial charge >= 0.3 is 0 Å². The first-order valence-electron chi connectivity index (χ1n) is 13.6. The van der Waals surface area contributed by atoms with Crippen LogP contribution in [-0.4, -0.2) is 25.9 Å². The van der Waals surface area contributed by atoms with Gasteiger partial charge in [-0.25, -0.2) is 0 Å². The van der Waals surface area contributed by atoms with Gasteiger partial charge in [-0.05, 0) is 82.2 Å². The van der Waals surface area contributed by atoms with Crippen molar-refractivity contribution in [3.8, 4) is 11.5 Å². The third-order valence-corrected chi connectivity index (χ3v) is 8.68. The van der Waals surface area contributed by atoms with E-state index in [0.29, 0.717) is 22.7 Å². The summed E-state index contributed by atoms with van der Waals surface area (Å²) >= 11 is 0. The predicted molar refractivity (Wildman–Crippen MR) is 171 cm³/mol. The molecular weight excluding hydrogens is 647 g/mol. The highest BCUT2D eigenvalue weighted by Gasteiger charge is 2.20. The molecule has 0 bridgehead atoms. The molecule has 0 unspecified atom stereocenters. The first-order chi connectivity index (χ1) is 22.4. The maximum Gasteiger partial charge on any atom is 0.296 e. The SMILES string of the molecule is O=S(=O)(O)c1cc2cc(Nc3ccc4c([O-])c(N=Nc5ccccc5)c(S(=O)(=O)O)cc4c3)ccc2c([O-])c1N=Nc1ccccc1. The Kier molecular flexibility index (Phi) is 8.13. The lowest BCUT2D eigenvalue weighted by Gasteiger charge is -2.18. The molecule has 0 spiro atoms. The van der Waals surface area contributed by atoms with E-state index < -0.39 is 52.9 Å². The van der Waals surface area contributed by atoms with E-state index in [-0.39, 0.29) is 21.5 Å². The van der Waals surface area contributed by atoms with E-state index in [1.807, 2.05) is 0 Å². The molecule has 0 saturated carbocycles. The lowest BCUT2D eigenvalue weighted by molar-refractivity contribution is -0.265. The summed E-state index contributed by atoms with van der Waals surface area (Å²) in [5, 5.41) is 45.6. The van der Waals surface area contributed by atoms with E-state index in [0.717, 1.165) is 12.1 Å². The van der Waals surface area contributed by atoms with Crippen molar-refractivity contribution in [2.45, 2.75) is 9.79 Å². The second kappa shape index (κ2) is 12.2. The van der Waals surface area contributed by atoms with E-state index in [4.69, 9.17) is 0 Å². The maximum absolute atomic E-state index is 13.3. The molecule has 0 atom stereocenters. The van der Waals surface area contributed by atoms with Crippen LogP contribution in [0.4, 0.5) is 34.1 Å². The van der Waals surface area contributed by atoms with Crippen LogP contribution in [0.1, 0.15) is 0 Å². The van der Waals surface area contributed by atoms with E-state index in [1.165, 1.54) is 36.4 Å². The zero-order valence-corrected chi connectivity index (χ0v) is 25.5. The number of fused-ring (bicyclic) bond motifs is 2. The minimum atomic E-state index is -4.88. The lowest BCUT2D eigenvalue weighted by atomic mass is 10.1. The van der Waals surface area contributed by atoms with Gasteiger partial charge in [-0.1, -0.05) is 60.0 Å². The van der Waals surface area contributed by atoms with Crippen molar-refractivity contribution in [1.29, 1.82) is 0 Å². The fourth-order valence-electron chi connectivity index (χ4n) is 4.79. The molecule has 6 rings (SSSR count). The normalized spacial score (nSPS) is 12.4. The maximum atomic E-state index is 13.3.